The predicted octanol–water partition coefficient (Wildman–Crippen LogP) is 0.403. The highest BCUT2D eigenvalue weighted by atomic mass is 16.8. The molecule has 5 heteroatoms. The van der Waals surface area contributed by atoms with Crippen LogP contribution < -0.4 is 0 Å². The van der Waals surface area contributed by atoms with Crippen LogP contribution in [0.25, 0.3) is 0 Å². The van der Waals surface area contributed by atoms with Crippen LogP contribution in [0.1, 0.15) is 26.7 Å². The molecule has 16 heavy (non-hydrogen) atoms. The quantitative estimate of drug-likeness (QED) is 0.706. The van der Waals surface area contributed by atoms with Crippen molar-refractivity contribution in [3.8, 4) is 0 Å². The summed E-state index contributed by atoms with van der Waals surface area (Å²) in [4.78, 5) is 0. The molecular weight excluding hydrogens is 212 g/mol. The average molecular weight is 230 g/mol. The number of rotatable bonds is 1. The molecule has 2 saturated heterocycles. The lowest BCUT2D eigenvalue weighted by atomic mass is 9.73. The standard InChI is InChI=1S/C11H18O5/c1-10(2)14-7-8(15-10)11(5-4-6(11)12)16-9(7)13-3/h6-9,12H,4-5H2,1-3H3/t6-,7-,8?,9?,11-/m0/s1. The van der Waals surface area contributed by atoms with E-state index < -0.39 is 23.8 Å². The summed E-state index contributed by atoms with van der Waals surface area (Å²) >= 11 is 0. The van der Waals surface area contributed by atoms with E-state index >= 15 is 0 Å². The summed E-state index contributed by atoms with van der Waals surface area (Å²) in [5, 5.41) is 9.91. The van der Waals surface area contributed by atoms with Crippen LogP contribution in [0.4, 0.5) is 0 Å². The first-order valence-electron chi connectivity index (χ1n) is 5.73. The van der Waals surface area contributed by atoms with Crippen LogP contribution >= 0.6 is 0 Å². The minimum atomic E-state index is -0.627. The van der Waals surface area contributed by atoms with Crippen LogP contribution in [0, 0.1) is 0 Å². The van der Waals surface area contributed by atoms with E-state index in [1.807, 2.05) is 13.8 Å². The molecule has 3 rings (SSSR count). The van der Waals surface area contributed by atoms with E-state index in [1.165, 1.54) is 0 Å². The lowest BCUT2D eigenvalue weighted by Gasteiger charge is -2.45. The van der Waals surface area contributed by atoms with Gasteiger partial charge in [-0.05, 0) is 26.7 Å². The van der Waals surface area contributed by atoms with Crippen molar-refractivity contribution in [1.82, 2.24) is 0 Å². The zero-order valence-corrected chi connectivity index (χ0v) is 9.80. The van der Waals surface area contributed by atoms with Crippen molar-refractivity contribution in [1.29, 1.82) is 0 Å². The van der Waals surface area contributed by atoms with Crippen LogP contribution in [0.5, 0.6) is 0 Å². The van der Waals surface area contributed by atoms with Gasteiger partial charge < -0.3 is 24.1 Å². The Kier molecular flexibility index (Phi) is 2.17. The van der Waals surface area contributed by atoms with Crippen molar-refractivity contribution in [2.75, 3.05) is 7.11 Å². The molecule has 92 valence electrons. The second-order valence-electron chi connectivity index (χ2n) is 5.25. The molecule has 5 atom stereocenters. The molecule has 1 spiro atoms. The normalized spacial score (nSPS) is 54.0. The van der Waals surface area contributed by atoms with Crippen molar-refractivity contribution in [2.24, 2.45) is 0 Å². The molecule has 0 radical (unpaired) electrons. The monoisotopic (exact) mass is 230 g/mol. The molecule has 2 unspecified atom stereocenters. The van der Waals surface area contributed by atoms with E-state index in [1.54, 1.807) is 7.11 Å². The van der Waals surface area contributed by atoms with Gasteiger partial charge in [-0.25, -0.2) is 0 Å². The van der Waals surface area contributed by atoms with Crippen molar-refractivity contribution in [2.45, 2.75) is 62.7 Å². The van der Waals surface area contributed by atoms with Crippen LogP contribution in [-0.4, -0.2) is 48.2 Å². The van der Waals surface area contributed by atoms with Gasteiger partial charge in [-0.15, -0.1) is 0 Å². The van der Waals surface area contributed by atoms with Gasteiger partial charge in [0.25, 0.3) is 0 Å². The van der Waals surface area contributed by atoms with Crippen LogP contribution in [0.3, 0.4) is 0 Å². The molecule has 3 aliphatic rings. The molecule has 0 bridgehead atoms. The molecule has 1 saturated carbocycles. The van der Waals surface area contributed by atoms with Gasteiger partial charge in [0, 0.05) is 7.11 Å². The maximum atomic E-state index is 9.91. The molecule has 0 aromatic carbocycles. The maximum Gasteiger partial charge on any atom is 0.187 e. The smallest absolute Gasteiger partial charge is 0.187 e. The van der Waals surface area contributed by atoms with E-state index in [-0.39, 0.29) is 12.2 Å². The van der Waals surface area contributed by atoms with Gasteiger partial charge in [0.15, 0.2) is 12.1 Å². The number of aliphatic hydroxyl groups excluding tert-OH is 1. The fraction of sp³-hybridized carbons (Fsp3) is 1.00. The fourth-order valence-electron chi connectivity index (χ4n) is 2.93. The summed E-state index contributed by atoms with van der Waals surface area (Å²) in [5.41, 5.74) is -0.612. The van der Waals surface area contributed by atoms with E-state index in [0.717, 1.165) is 12.8 Å². The first kappa shape index (κ1) is 10.9. The Bertz CT molecular complexity index is 305. The molecule has 0 aromatic heterocycles. The van der Waals surface area contributed by atoms with Crippen molar-refractivity contribution in [3.63, 3.8) is 0 Å². The molecule has 5 nitrogen and oxygen atoms in total. The molecule has 0 amide bonds. The third kappa shape index (κ3) is 1.23. The molecule has 0 aromatic rings. The number of aliphatic hydroxyl groups is 1. The lowest BCUT2D eigenvalue weighted by molar-refractivity contribution is -0.289. The Morgan fingerprint density at radius 3 is 2.50 bits per heavy atom. The summed E-state index contributed by atoms with van der Waals surface area (Å²) in [7, 11) is 1.58. The highest BCUT2D eigenvalue weighted by Gasteiger charge is 2.68. The fourth-order valence-corrected chi connectivity index (χ4v) is 2.93. The van der Waals surface area contributed by atoms with Crippen molar-refractivity contribution in [3.05, 3.63) is 0 Å². The predicted molar refractivity (Wildman–Crippen MR) is 53.7 cm³/mol. The Morgan fingerprint density at radius 2 is 2.00 bits per heavy atom. The van der Waals surface area contributed by atoms with E-state index in [9.17, 15) is 5.11 Å². The van der Waals surface area contributed by atoms with Gasteiger partial charge in [-0.3, -0.25) is 0 Å². The van der Waals surface area contributed by atoms with Gasteiger partial charge in [-0.2, -0.15) is 0 Å². The van der Waals surface area contributed by atoms with Gasteiger partial charge in [-0.1, -0.05) is 0 Å². The van der Waals surface area contributed by atoms with E-state index in [0.29, 0.717) is 0 Å². The molecule has 2 aliphatic heterocycles. The topological polar surface area (TPSA) is 57.2 Å². The summed E-state index contributed by atoms with van der Waals surface area (Å²) in [6.07, 6.45) is 0.170. The minimum Gasteiger partial charge on any atom is -0.390 e. The van der Waals surface area contributed by atoms with Crippen molar-refractivity contribution < 1.29 is 24.1 Å². The van der Waals surface area contributed by atoms with Gasteiger partial charge >= 0.3 is 0 Å². The third-order valence-electron chi connectivity index (χ3n) is 3.82. The van der Waals surface area contributed by atoms with Crippen LogP contribution in [-0.2, 0) is 18.9 Å². The van der Waals surface area contributed by atoms with Crippen molar-refractivity contribution >= 4 is 0 Å². The minimum absolute atomic E-state index is 0.226. The highest BCUT2D eigenvalue weighted by Crippen LogP contribution is 2.52. The molecule has 1 aliphatic carbocycles. The zero-order chi connectivity index (χ0) is 11.6. The summed E-state index contributed by atoms with van der Waals surface area (Å²) < 4.78 is 22.7. The highest BCUT2D eigenvalue weighted by molar-refractivity contribution is 5.13. The number of methoxy groups -OCH3 is 1. The van der Waals surface area contributed by atoms with E-state index in [2.05, 4.69) is 0 Å². The molecular formula is C11H18O5. The average Bonchev–Trinajstić information content (AvgIpc) is 2.68. The van der Waals surface area contributed by atoms with Gasteiger partial charge in [0.05, 0.1) is 6.10 Å². The first-order valence-corrected chi connectivity index (χ1v) is 5.73. The number of fused-ring (bicyclic) bond motifs is 2. The van der Waals surface area contributed by atoms with Crippen LogP contribution in [0.2, 0.25) is 0 Å². The molecule has 2 heterocycles. The summed E-state index contributed by atoms with van der Waals surface area (Å²) in [6, 6.07) is 0. The summed E-state index contributed by atoms with van der Waals surface area (Å²) in [6.45, 7) is 3.74. The number of hydrogen-bond donors (Lipinski definition) is 1. The van der Waals surface area contributed by atoms with E-state index in [4.69, 9.17) is 18.9 Å². The lowest BCUT2D eigenvalue weighted by Crippen LogP contribution is -2.59. The Hall–Kier alpha value is -0.200. The Morgan fingerprint density at radius 1 is 1.25 bits per heavy atom. The molecule has 1 N–H and O–H groups in total. The SMILES string of the molecule is COC1O[C@]2(CC[C@@H]2O)C2OC(C)(C)O[C@H]12. The van der Waals surface area contributed by atoms with Gasteiger partial charge in [0.2, 0.25) is 0 Å². The number of hydrogen-bond acceptors (Lipinski definition) is 5. The molecule has 3 fully saturated rings. The Labute approximate surface area is 94.6 Å². The largest absolute Gasteiger partial charge is 0.390 e. The second-order valence-corrected chi connectivity index (χ2v) is 5.25. The zero-order valence-electron chi connectivity index (χ0n) is 9.80. The second kappa shape index (κ2) is 3.17. The van der Waals surface area contributed by atoms with Gasteiger partial charge in [0.1, 0.15) is 17.8 Å². The summed E-state index contributed by atoms with van der Waals surface area (Å²) in [5.74, 6) is -0.627. The Balaban J connectivity index is 1.89. The first-order chi connectivity index (χ1) is 7.48. The van der Waals surface area contributed by atoms with Crippen LogP contribution in [0.15, 0.2) is 0 Å². The third-order valence-corrected chi connectivity index (χ3v) is 3.82. The number of ether oxygens (including phenoxy) is 4. The maximum absolute atomic E-state index is 9.91.